The van der Waals surface area contributed by atoms with Gasteiger partial charge in [-0.3, -0.25) is 9.78 Å². The topological polar surface area (TPSA) is 57.7 Å². The summed E-state index contributed by atoms with van der Waals surface area (Å²) in [6, 6.07) is 17.2. The number of hydrogen-bond donors (Lipinski definition) is 0. The summed E-state index contributed by atoms with van der Waals surface area (Å²) in [4.78, 5) is 15.4. The number of esters is 1. The fourth-order valence-corrected chi connectivity index (χ4v) is 3.42. The summed E-state index contributed by atoms with van der Waals surface area (Å²) in [7, 11) is 1.30. The molecule has 0 unspecified atom stereocenters. The molecule has 0 N–H and O–H groups in total. The fraction of sp³-hybridized carbons (Fsp3) is 0.154. The number of fused-ring (bicyclic) bond motifs is 1. The summed E-state index contributed by atoms with van der Waals surface area (Å²) >= 11 is 0. The predicted molar refractivity (Wildman–Crippen MR) is 120 cm³/mol. The van der Waals surface area contributed by atoms with Gasteiger partial charge in [-0.1, -0.05) is 24.3 Å². The smallest absolute Gasteiger partial charge is 0.420 e. The molecule has 0 fully saturated rings. The number of aromatic nitrogens is 1. The lowest BCUT2D eigenvalue weighted by Gasteiger charge is -2.16. The van der Waals surface area contributed by atoms with Gasteiger partial charge in [0, 0.05) is 24.2 Å². The molecule has 0 aliphatic rings. The van der Waals surface area contributed by atoms with E-state index in [4.69, 9.17) is 9.47 Å². The maximum Gasteiger partial charge on any atom is 0.420 e. The highest BCUT2D eigenvalue weighted by Gasteiger charge is 2.35. The van der Waals surface area contributed by atoms with Gasteiger partial charge in [0.05, 0.1) is 7.11 Å². The van der Waals surface area contributed by atoms with Crippen LogP contribution in [0, 0.1) is 0 Å². The van der Waals surface area contributed by atoms with Crippen LogP contribution >= 0.6 is 0 Å². The van der Waals surface area contributed by atoms with Crippen molar-refractivity contribution in [2.45, 2.75) is 19.0 Å². The highest BCUT2D eigenvalue weighted by atomic mass is 19.4. The summed E-state index contributed by atoms with van der Waals surface area (Å²) in [6.45, 7) is 0. The molecule has 0 aliphatic heterocycles. The van der Waals surface area contributed by atoms with Crippen molar-refractivity contribution in [2.75, 3.05) is 7.11 Å². The van der Waals surface area contributed by atoms with Crippen molar-refractivity contribution in [3.05, 3.63) is 90.3 Å². The van der Waals surface area contributed by atoms with Crippen molar-refractivity contribution in [3.8, 4) is 23.0 Å². The molecule has 5 nitrogen and oxygen atoms in total. The van der Waals surface area contributed by atoms with E-state index in [1.165, 1.54) is 19.2 Å². The third-order valence-electron chi connectivity index (χ3n) is 5.10. The van der Waals surface area contributed by atoms with Gasteiger partial charge in [0.15, 0.2) is 0 Å². The molecule has 0 atom stereocenters. The summed E-state index contributed by atoms with van der Waals surface area (Å²) in [5.74, 6) is -0.0944. The Balaban J connectivity index is 1.60. The quantitative estimate of drug-likeness (QED) is 0.276. The largest absolute Gasteiger partial charge is 0.469 e. The molecule has 3 aromatic carbocycles. The Labute approximate surface area is 193 Å². The van der Waals surface area contributed by atoms with Crippen LogP contribution in [0.2, 0.25) is 0 Å². The first-order valence-electron chi connectivity index (χ1n) is 10.4. The molecule has 0 aliphatic carbocycles. The van der Waals surface area contributed by atoms with Crippen LogP contribution in [0.15, 0.2) is 79.1 Å². The van der Waals surface area contributed by atoms with Crippen LogP contribution in [0.3, 0.4) is 0 Å². The van der Waals surface area contributed by atoms with Crippen molar-refractivity contribution >= 4 is 16.7 Å². The van der Waals surface area contributed by atoms with E-state index in [1.807, 2.05) is 6.07 Å². The molecule has 0 radical (unpaired) electrons. The van der Waals surface area contributed by atoms with Crippen molar-refractivity contribution in [2.24, 2.45) is 0 Å². The molecule has 0 saturated carbocycles. The van der Waals surface area contributed by atoms with Crippen LogP contribution in [0.5, 0.6) is 23.0 Å². The Bertz CT molecular complexity index is 1320. The summed E-state index contributed by atoms with van der Waals surface area (Å²) in [5, 5.41) is 1.54. The lowest BCUT2D eigenvalue weighted by atomic mass is 10.1. The fourth-order valence-electron chi connectivity index (χ4n) is 3.42. The number of pyridine rings is 1. The number of carbonyl (C=O) groups excluding carboxylic acids is 1. The van der Waals surface area contributed by atoms with Gasteiger partial charge < -0.3 is 14.2 Å². The highest BCUT2D eigenvalue weighted by molar-refractivity contribution is 5.87. The number of halogens is 3. The first-order chi connectivity index (χ1) is 16.3. The molecule has 4 rings (SSSR count). The Morgan fingerprint density at radius 1 is 0.912 bits per heavy atom. The lowest BCUT2D eigenvalue weighted by Crippen LogP contribution is -2.07. The number of benzene rings is 3. The zero-order valence-corrected chi connectivity index (χ0v) is 18.1. The minimum absolute atomic E-state index is 0.0165. The molecule has 174 valence electrons. The first-order valence-corrected chi connectivity index (χ1v) is 10.4. The number of rotatable bonds is 7. The third-order valence-corrected chi connectivity index (χ3v) is 5.10. The monoisotopic (exact) mass is 467 g/mol. The lowest BCUT2D eigenvalue weighted by molar-refractivity contribution is -0.140. The van der Waals surface area contributed by atoms with E-state index in [1.54, 1.807) is 54.9 Å². The van der Waals surface area contributed by atoms with Crippen LogP contribution in [0.4, 0.5) is 13.2 Å². The van der Waals surface area contributed by atoms with Crippen molar-refractivity contribution in [3.63, 3.8) is 0 Å². The van der Waals surface area contributed by atoms with Crippen LogP contribution in [0.25, 0.3) is 10.8 Å². The Morgan fingerprint density at radius 3 is 2.47 bits per heavy atom. The van der Waals surface area contributed by atoms with Crippen LogP contribution in [-0.4, -0.2) is 18.1 Å². The standard InChI is InChI=1S/C26H20F3NO4/c1-32-25(31)11-8-17-4-2-6-19(14-17)34-24-10-9-20(15-22(24)26(27,28)29)33-23-7-3-5-18-12-13-30-16-21(18)23/h2-7,9-10,12-16H,8,11H2,1H3. The van der Waals surface area contributed by atoms with E-state index in [9.17, 15) is 18.0 Å². The second-order valence-electron chi connectivity index (χ2n) is 7.44. The molecule has 4 aromatic rings. The third kappa shape index (κ3) is 5.46. The molecule has 1 heterocycles. The summed E-state index contributed by atoms with van der Waals surface area (Å²) in [6.07, 6.45) is -0.909. The molecule has 0 saturated heterocycles. The molecule has 0 amide bonds. The summed E-state index contributed by atoms with van der Waals surface area (Å²) < 4.78 is 57.5. The number of hydrogen-bond acceptors (Lipinski definition) is 5. The predicted octanol–water partition coefficient (Wildman–Crippen LogP) is 6.94. The van der Waals surface area contributed by atoms with Crippen LogP contribution < -0.4 is 9.47 Å². The van der Waals surface area contributed by atoms with Crippen molar-refractivity contribution < 1.29 is 32.2 Å². The van der Waals surface area contributed by atoms with Crippen molar-refractivity contribution in [1.29, 1.82) is 0 Å². The van der Waals surface area contributed by atoms with Gasteiger partial charge in [0.2, 0.25) is 0 Å². The van der Waals surface area contributed by atoms with Gasteiger partial charge in [-0.25, -0.2) is 0 Å². The molecule has 8 heteroatoms. The van der Waals surface area contributed by atoms with Gasteiger partial charge in [-0.2, -0.15) is 13.2 Å². The van der Waals surface area contributed by atoms with Gasteiger partial charge >= 0.3 is 12.1 Å². The van der Waals surface area contributed by atoms with E-state index < -0.39 is 11.7 Å². The van der Waals surface area contributed by atoms with Crippen molar-refractivity contribution in [1.82, 2.24) is 4.98 Å². The second kappa shape index (κ2) is 9.82. The number of methoxy groups -OCH3 is 1. The SMILES string of the molecule is COC(=O)CCc1cccc(Oc2ccc(Oc3cccc4ccncc34)cc2C(F)(F)F)c1. The average Bonchev–Trinajstić information content (AvgIpc) is 2.83. The number of ether oxygens (including phenoxy) is 3. The molecule has 34 heavy (non-hydrogen) atoms. The van der Waals surface area contributed by atoms with Gasteiger partial charge in [0.25, 0.3) is 0 Å². The minimum atomic E-state index is -4.67. The van der Waals surface area contributed by atoms with E-state index >= 15 is 0 Å². The highest BCUT2D eigenvalue weighted by Crippen LogP contribution is 2.41. The van der Waals surface area contributed by atoms with Crippen LogP contribution in [-0.2, 0) is 22.1 Å². The maximum absolute atomic E-state index is 13.9. The minimum Gasteiger partial charge on any atom is -0.469 e. The van der Waals surface area contributed by atoms with Crippen LogP contribution in [0.1, 0.15) is 17.5 Å². The summed E-state index contributed by atoms with van der Waals surface area (Å²) in [5.41, 5.74) is -0.232. The van der Waals surface area contributed by atoms with Gasteiger partial charge in [0.1, 0.15) is 28.6 Å². The molecular weight excluding hydrogens is 447 g/mol. The molecule has 0 spiro atoms. The first kappa shape index (κ1) is 23.1. The zero-order chi connectivity index (χ0) is 24.1. The Kier molecular flexibility index (Phi) is 6.67. The average molecular weight is 467 g/mol. The normalized spacial score (nSPS) is 11.3. The number of alkyl halides is 3. The number of aryl methyl sites for hydroxylation is 1. The van der Waals surface area contributed by atoms with E-state index in [-0.39, 0.29) is 29.6 Å². The molecular formula is C26H20F3NO4. The molecule has 0 bridgehead atoms. The van der Waals surface area contributed by atoms with Gasteiger partial charge in [-0.15, -0.1) is 0 Å². The van der Waals surface area contributed by atoms with E-state index in [2.05, 4.69) is 9.72 Å². The Hall–Kier alpha value is -4.07. The van der Waals surface area contributed by atoms with Gasteiger partial charge in [-0.05, 0) is 59.8 Å². The molecule has 1 aromatic heterocycles. The zero-order valence-electron chi connectivity index (χ0n) is 18.1. The number of carbonyl (C=O) groups is 1. The Morgan fingerprint density at radius 2 is 1.68 bits per heavy atom. The maximum atomic E-state index is 13.9. The van der Waals surface area contributed by atoms with E-state index in [0.29, 0.717) is 17.6 Å². The second-order valence-corrected chi connectivity index (χ2v) is 7.44. The number of nitrogens with zero attached hydrogens (tertiary/aromatic N) is 1. The van der Waals surface area contributed by atoms with E-state index in [0.717, 1.165) is 17.0 Å².